The van der Waals surface area contributed by atoms with Crippen LogP contribution in [0.4, 0.5) is 5.69 Å². The van der Waals surface area contributed by atoms with Crippen molar-refractivity contribution in [3.8, 4) is 0 Å². The first kappa shape index (κ1) is 12.6. The van der Waals surface area contributed by atoms with Gasteiger partial charge in [-0.2, -0.15) is 0 Å². The first-order chi connectivity index (χ1) is 8.72. The van der Waals surface area contributed by atoms with E-state index in [2.05, 4.69) is 15.4 Å². The van der Waals surface area contributed by atoms with Gasteiger partial charge in [-0.3, -0.25) is 4.79 Å². The van der Waals surface area contributed by atoms with E-state index in [0.717, 1.165) is 19.4 Å². The number of esters is 1. The van der Waals surface area contributed by atoms with Crippen molar-refractivity contribution in [2.75, 3.05) is 19.0 Å². The lowest BCUT2D eigenvalue weighted by Crippen LogP contribution is -2.35. The van der Waals surface area contributed by atoms with Gasteiger partial charge in [0.2, 0.25) is 5.91 Å². The molecule has 1 aliphatic rings. The van der Waals surface area contributed by atoms with Gasteiger partial charge in [0.05, 0.1) is 24.4 Å². The van der Waals surface area contributed by atoms with Crippen molar-refractivity contribution in [3.63, 3.8) is 0 Å². The zero-order valence-electron chi connectivity index (χ0n) is 10.2. The molecule has 96 valence electrons. The van der Waals surface area contributed by atoms with Gasteiger partial charge in [-0.15, -0.1) is 0 Å². The van der Waals surface area contributed by atoms with Crippen molar-refractivity contribution in [3.05, 3.63) is 29.8 Å². The summed E-state index contributed by atoms with van der Waals surface area (Å²) < 4.78 is 4.68. The molecule has 0 spiro atoms. The number of ether oxygens (including phenoxy) is 1. The van der Waals surface area contributed by atoms with Crippen LogP contribution in [0.1, 0.15) is 23.2 Å². The third-order valence-electron chi connectivity index (χ3n) is 2.97. The third-order valence-corrected chi connectivity index (χ3v) is 2.97. The van der Waals surface area contributed by atoms with Crippen LogP contribution in [0, 0.1) is 0 Å². The second kappa shape index (κ2) is 5.64. The van der Waals surface area contributed by atoms with Gasteiger partial charge >= 0.3 is 5.97 Å². The Kier molecular flexibility index (Phi) is 3.94. The molecule has 0 saturated carbocycles. The summed E-state index contributed by atoms with van der Waals surface area (Å²) in [4.78, 5) is 23.5. The van der Waals surface area contributed by atoms with E-state index >= 15 is 0 Å². The molecule has 1 fully saturated rings. The van der Waals surface area contributed by atoms with Crippen molar-refractivity contribution in [1.29, 1.82) is 0 Å². The molecule has 2 N–H and O–H groups in total. The first-order valence-corrected chi connectivity index (χ1v) is 5.94. The van der Waals surface area contributed by atoms with Crippen LogP contribution in [0.3, 0.4) is 0 Å². The molecular formula is C13H16N2O3. The normalized spacial score (nSPS) is 18.4. The van der Waals surface area contributed by atoms with E-state index in [0.29, 0.717) is 11.3 Å². The summed E-state index contributed by atoms with van der Waals surface area (Å²) in [5.41, 5.74) is 0.856. The fourth-order valence-corrected chi connectivity index (χ4v) is 2.01. The van der Waals surface area contributed by atoms with E-state index in [1.165, 1.54) is 7.11 Å². The van der Waals surface area contributed by atoms with Gasteiger partial charge in [-0.05, 0) is 31.5 Å². The second-order valence-corrected chi connectivity index (χ2v) is 4.18. The Bertz CT molecular complexity index is 453. The molecule has 1 heterocycles. The maximum Gasteiger partial charge on any atom is 0.339 e. The molecule has 1 aliphatic heterocycles. The van der Waals surface area contributed by atoms with E-state index in [1.807, 2.05) is 0 Å². The number of nitrogens with one attached hydrogen (secondary N) is 2. The van der Waals surface area contributed by atoms with Crippen molar-refractivity contribution in [1.82, 2.24) is 5.32 Å². The van der Waals surface area contributed by atoms with Crippen LogP contribution >= 0.6 is 0 Å². The first-order valence-electron chi connectivity index (χ1n) is 5.94. The Morgan fingerprint density at radius 2 is 2.17 bits per heavy atom. The number of hydrogen-bond acceptors (Lipinski definition) is 4. The molecule has 18 heavy (non-hydrogen) atoms. The molecule has 0 radical (unpaired) electrons. The van der Waals surface area contributed by atoms with E-state index in [-0.39, 0.29) is 11.9 Å². The van der Waals surface area contributed by atoms with Gasteiger partial charge in [-0.1, -0.05) is 12.1 Å². The van der Waals surface area contributed by atoms with E-state index in [9.17, 15) is 9.59 Å². The summed E-state index contributed by atoms with van der Waals surface area (Å²) in [7, 11) is 1.32. The summed E-state index contributed by atoms with van der Waals surface area (Å²) >= 11 is 0. The maximum absolute atomic E-state index is 12.0. The fourth-order valence-electron chi connectivity index (χ4n) is 2.01. The average molecular weight is 248 g/mol. The Morgan fingerprint density at radius 3 is 2.83 bits per heavy atom. The number of rotatable bonds is 3. The number of carbonyl (C=O) groups is 2. The third kappa shape index (κ3) is 2.68. The van der Waals surface area contributed by atoms with Crippen molar-refractivity contribution in [2.45, 2.75) is 18.9 Å². The summed E-state index contributed by atoms with van der Waals surface area (Å²) in [6, 6.07) is 6.65. The molecule has 2 rings (SSSR count). The molecule has 1 aromatic carbocycles. The summed E-state index contributed by atoms with van der Waals surface area (Å²) in [5.74, 6) is -0.561. The van der Waals surface area contributed by atoms with Gasteiger partial charge < -0.3 is 15.4 Å². The summed E-state index contributed by atoms with van der Waals surface area (Å²) in [5, 5.41) is 5.88. The number of benzene rings is 1. The monoisotopic (exact) mass is 248 g/mol. The van der Waals surface area contributed by atoms with Gasteiger partial charge in [-0.25, -0.2) is 4.79 Å². The number of carbonyl (C=O) groups excluding carboxylic acids is 2. The Balaban J connectivity index is 2.13. The summed E-state index contributed by atoms with van der Waals surface area (Å²) in [6.07, 6.45) is 1.82. The van der Waals surface area contributed by atoms with E-state index in [1.54, 1.807) is 24.3 Å². The zero-order valence-corrected chi connectivity index (χ0v) is 10.2. The molecule has 1 atom stereocenters. The number of anilines is 1. The van der Waals surface area contributed by atoms with Crippen LogP contribution in [-0.2, 0) is 9.53 Å². The molecule has 1 aromatic rings. The van der Waals surface area contributed by atoms with Crippen LogP contribution < -0.4 is 10.6 Å². The van der Waals surface area contributed by atoms with Crippen LogP contribution in [0.25, 0.3) is 0 Å². The second-order valence-electron chi connectivity index (χ2n) is 4.18. The summed E-state index contributed by atoms with van der Waals surface area (Å²) in [6.45, 7) is 0.858. The van der Waals surface area contributed by atoms with Gasteiger partial charge in [0, 0.05) is 0 Å². The quantitative estimate of drug-likeness (QED) is 0.788. The lowest BCUT2D eigenvalue weighted by molar-refractivity contribution is -0.117. The number of para-hydroxylation sites is 1. The van der Waals surface area contributed by atoms with Crippen molar-refractivity contribution in [2.24, 2.45) is 0 Å². The Labute approximate surface area is 106 Å². The van der Waals surface area contributed by atoms with E-state index < -0.39 is 5.97 Å². The Hall–Kier alpha value is -1.88. The van der Waals surface area contributed by atoms with Gasteiger partial charge in [0.15, 0.2) is 0 Å². The standard InChI is InChI=1S/C13H16N2O3/c1-18-13(17)9-5-2-3-6-10(9)15-12(16)11-7-4-8-14-11/h2-3,5-6,11,14H,4,7-8H2,1H3,(H,15,16)/t11-/m0/s1. The van der Waals surface area contributed by atoms with E-state index in [4.69, 9.17) is 0 Å². The molecule has 5 nitrogen and oxygen atoms in total. The molecular weight excluding hydrogens is 232 g/mol. The maximum atomic E-state index is 12.0. The highest BCUT2D eigenvalue weighted by Crippen LogP contribution is 2.17. The predicted octanol–water partition coefficient (Wildman–Crippen LogP) is 1.16. The molecule has 1 saturated heterocycles. The topological polar surface area (TPSA) is 67.4 Å². The van der Waals surface area contributed by atoms with Crippen molar-refractivity contribution >= 4 is 17.6 Å². The van der Waals surface area contributed by atoms with Gasteiger partial charge in [0.25, 0.3) is 0 Å². The number of amides is 1. The fraction of sp³-hybridized carbons (Fsp3) is 0.385. The largest absolute Gasteiger partial charge is 0.465 e. The van der Waals surface area contributed by atoms with Crippen LogP contribution in [0.15, 0.2) is 24.3 Å². The van der Waals surface area contributed by atoms with Crippen LogP contribution in [0.5, 0.6) is 0 Å². The number of hydrogen-bond donors (Lipinski definition) is 2. The molecule has 1 amide bonds. The minimum Gasteiger partial charge on any atom is -0.465 e. The van der Waals surface area contributed by atoms with Crippen LogP contribution in [-0.4, -0.2) is 31.6 Å². The smallest absolute Gasteiger partial charge is 0.339 e. The molecule has 0 bridgehead atoms. The van der Waals surface area contributed by atoms with Crippen molar-refractivity contribution < 1.29 is 14.3 Å². The van der Waals surface area contributed by atoms with Gasteiger partial charge in [0.1, 0.15) is 0 Å². The molecule has 0 aromatic heterocycles. The highest BCUT2D eigenvalue weighted by atomic mass is 16.5. The predicted molar refractivity (Wildman–Crippen MR) is 67.4 cm³/mol. The minimum atomic E-state index is -0.453. The zero-order chi connectivity index (χ0) is 13.0. The SMILES string of the molecule is COC(=O)c1ccccc1NC(=O)[C@@H]1CCCN1. The lowest BCUT2D eigenvalue weighted by atomic mass is 10.1. The lowest BCUT2D eigenvalue weighted by Gasteiger charge is -2.13. The average Bonchev–Trinajstić information content (AvgIpc) is 2.92. The minimum absolute atomic E-state index is 0.108. The highest BCUT2D eigenvalue weighted by Gasteiger charge is 2.23. The molecule has 0 aliphatic carbocycles. The Morgan fingerprint density at radius 1 is 1.39 bits per heavy atom. The molecule has 0 unspecified atom stereocenters. The highest BCUT2D eigenvalue weighted by molar-refractivity contribution is 6.02. The van der Waals surface area contributed by atoms with Crippen LogP contribution in [0.2, 0.25) is 0 Å². The molecule has 5 heteroatoms. The number of methoxy groups -OCH3 is 1.